The fourth-order valence-corrected chi connectivity index (χ4v) is 3.41. The third kappa shape index (κ3) is 3.37. The molecule has 1 aromatic rings. The molecule has 1 N–H and O–H groups in total. The van der Waals surface area contributed by atoms with Gasteiger partial charge in [0.15, 0.2) is 20.0 Å². The molecule has 1 atom stereocenters. The van der Waals surface area contributed by atoms with Gasteiger partial charge in [-0.3, -0.25) is 0 Å². The fraction of sp³-hybridized carbons (Fsp3) is 0.600. The number of piperidine rings is 1. The van der Waals surface area contributed by atoms with E-state index < -0.39 is 9.84 Å². The summed E-state index contributed by atoms with van der Waals surface area (Å²) in [5.41, 5.74) is 0. The van der Waals surface area contributed by atoms with Crippen LogP contribution in [0.1, 0.15) is 19.3 Å². The molecule has 1 aliphatic rings. The van der Waals surface area contributed by atoms with Crippen molar-refractivity contribution in [2.24, 2.45) is 0 Å². The Balaban J connectivity index is 2.10. The van der Waals surface area contributed by atoms with Gasteiger partial charge in [0, 0.05) is 6.04 Å². The predicted octanol–water partition coefficient (Wildman–Crippen LogP) is 1.05. The Morgan fingerprint density at radius 2 is 2.18 bits per heavy atom. The monoisotopic (exact) mass is 275 g/mol. The van der Waals surface area contributed by atoms with Crippen molar-refractivity contribution in [2.45, 2.75) is 30.3 Å². The average Bonchev–Trinajstić information content (AvgIpc) is 2.30. The van der Waals surface area contributed by atoms with E-state index in [4.69, 9.17) is 11.6 Å². The quantitative estimate of drug-likeness (QED) is 0.893. The number of nitrogens with one attached hydrogen (secondary N) is 1. The fourth-order valence-electron chi connectivity index (χ4n) is 1.89. The molecule has 94 valence electrons. The van der Waals surface area contributed by atoms with E-state index in [1.807, 2.05) is 0 Å². The van der Waals surface area contributed by atoms with Crippen molar-refractivity contribution in [1.82, 2.24) is 15.5 Å². The van der Waals surface area contributed by atoms with Crippen molar-refractivity contribution in [3.63, 3.8) is 0 Å². The van der Waals surface area contributed by atoms with Gasteiger partial charge in [0.05, 0.1) is 5.75 Å². The second-order valence-electron chi connectivity index (χ2n) is 4.12. The molecule has 7 heteroatoms. The third-order valence-electron chi connectivity index (χ3n) is 2.76. The zero-order chi connectivity index (χ0) is 12.3. The maximum atomic E-state index is 12.0. The average molecular weight is 276 g/mol. The molecule has 0 radical (unpaired) electrons. The highest BCUT2D eigenvalue weighted by atomic mass is 35.5. The molecule has 2 heterocycles. The van der Waals surface area contributed by atoms with Crippen molar-refractivity contribution in [3.8, 4) is 0 Å². The van der Waals surface area contributed by atoms with Gasteiger partial charge < -0.3 is 5.32 Å². The predicted molar refractivity (Wildman–Crippen MR) is 64.7 cm³/mol. The van der Waals surface area contributed by atoms with Gasteiger partial charge in [-0.2, -0.15) is 0 Å². The normalized spacial score (nSPS) is 21.4. The summed E-state index contributed by atoms with van der Waals surface area (Å²) in [4.78, 5) is 0. The van der Waals surface area contributed by atoms with Gasteiger partial charge in [-0.25, -0.2) is 8.42 Å². The van der Waals surface area contributed by atoms with E-state index in [2.05, 4.69) is 15.5 Å². The Morgan fingerprint density at radius 3 is 2.76 bits per heavy atom. The summed E-state index contributed by atoms with van der Waals surface area (Å²) >= 11 is 5.57. The van der Waals surface area contributed by atoms with Gasteiger partial charge in [-0.15, -0.1) is 10.2 Å². The Bertz CT molecular complexity index is 469. The molecular weight excluding hydrogens is 262 g/mol. The van der Waals surface area contributed by atoms with E-state index in [1.165, 1.54) is 12.1 Å². The summed E-state index contributed by atoms with van der Waals surface area (Å²) in [7, 11) is -3.37. The molecule has 0 amide bonds. The maximum absolute atomic E-state index is 12.0. The first-order valence-corrected chi connectivity index (χ1v) is 7.56. The molecule has 5 nitrogen and oxygen atoms in total. The molecule has 1 aromatic heterocycles. The second kappa shape index (κ2) is 5.29. The first-order chi connectivity index (χ1) is 8.08. The number of halogens is 1. The highest BCUT2D eigenvalue weighted by molar-refractivity contribution is 7.91. The SMILES string of the molecule is O=S(=O)(CC1CCCCN1)c1ccc(Cl)nn1. The lowest BCUT2D eigenvalue weighted by Crippen LogP contribution is -2.39. The topological polar surface area (TPSA) is 72.0 Å². The molecule has 0 bridgehead atoms. The van der Waals surface area contributed by atoms with Crippen LogP contribution in [0.3, 0.4) is 0 Å². The zero-order valence-electron chi connectivity index (χ0n) is 9.26. The Kier molecular flexibility index (Phi) is 3.96. The van der Waals surface area contributed by atoms with Crippen molar-refractivity contribution < 1.29 is 8.42 Å². The largest absolute Gasteiger partial charge is 0.313 e. The maximum Gasteiger partial charge on any atom is 0.198 e. The van der Waals surface area contributed by atoms with Crippen molar-refractivity contribution in [3.05, 3.63) is 17.3 Å². The van der Waals surface area contributed by atoms with Crippen LogP contribution in [0, 0.1) is 0 Å². The summed E-state index contributed by atoms with van der Waals surface area (Å²) in [5, 5.41) is 10.6. The molecule has 1 fully saturated rings. The van der Waals surface area contributed by atoms with E-state index in [1.54, 1.807) is 0 Å². The number of hydrogen-bond acceptors (Lipinski definition) is 5. The molecule has 1 saturated heterocycles. The Hall–Kier alpha value is -0.720. The van der Waals surface area contributed by atoms with Crippen LogP contribution in [-0.4, -0.2) is 37.0 Å². The molecule has 17 heavy (non-hydrogen) atoms. The minimum Gasteiger partial charge on any atom is -0.313 e. The van der Waals surface area contributed by atoms with Crippen LogP contribution in [0.4, 0.5) is 0 Å². The summed E-state index contributed by atoms with van der Waals surface area (Å²) in [6.07, 6.45) is 3.07. The lowest BCUT2D eigenvalue weighted by molar-refractivity contribution is 0.423. The van der Waals surface area contributed by atoms with Crippen LogP contribution in [0.2, 0.25) is 5.15 Å². The standard InChI is InChI=1S/C10H14ClN3O2S/c11-9-4-5-10(14-13-9)17(15,16)7-8-3-1-2-6-12-8/h4-5,8,12H,1-3,6-7H2. The van der Waals surface area contributed by atoms with Gasteiger partial charge in [0.2, 0.25) is 0 Å². The highest BCUT2D eigenvalue weighted by Crippen LogP contribution is 2.14. The van der Waals surface area contributed by atoms with Gasteiger partial charge in [0.25, 0.3) is 0 Å². The van der Waals surface area contributed by atoms with Crippen LogP contribution < -0.4 is 5.32 Å². The molecule has 0 spiro atoms. The van der Waals surface area contributed by atoms with Crippen molar-refractivity contribution in [2.75, 3.05) is 12.3 Å². The molecular formula is C10H14ClN3O2S. The number of aromatic nitrogens is 2. The first-order valence-electron chi connectivity index (χ1n) is 5.53. The van der Waals surface area contributed by atoms with E-state index in [-0.39, 0.29) is 22.0 Å². The number of nitrogens with zero attached hydrogens (tertiary/aromatic N) is 2. The summed E-state index contributed by atoms with van der Waals surface area (Å²) < 4.78 is 24.1. The molecule has 0 aromatic carbocycles. The van der Waals surface area contributed by atoms with Gasteiger partial charge in [0.1, 0.15) is 0 Å². The van der Waals surface area contributed by atoms with E-state index in [0.717, 1.165) is 25.8 Å². The van der Waals surface area contributed by atoms with E-state index in [9.17, 15) is 8.42 Å². The van der Waals surface area contributed by atoms with Gasteiger partial charge in [-0.05, 0) is 31.5 Å². The van der Waals surface area contributed by atoms with Crippen LogP contribution in [0.5, 0.6) is 0 Å². The van der Waals surface area contributed by atoms with Crippen LogP contribution in [-0.2, 0) is 9.84 Å². The van der Waals surface area contributed by atoms with E-state index >= 15 is 0 Å². The minimum atomic E-state index is -3.37. The number of hydrogen-bond donors (Lipinski definition) is 1. The van der Waals surface area contributed by atoms with Gasteiger partial charge in [-0.1, -0.05) is 18.0 Å². The van der Waals surface area contributed by atoms with Gasteiger partial charge >= 0.3 is 0 Å². The smallest absolute Gasteiger partial charge is 0.198 e. The Morgan fingerprint density at radius 1 is 1.35 bits per heavy atom. The lowest BCUT2D eigenvalue weighted by Gasteiger charge is -2.22. The summed E-state index contributed by atoms with van der Waals surface area (Å²) in [5.74, 6) is 0.0727. The zero-order valence-corrected chi connectivity index (χ0v) is 10.8. The molecule has 0 aliphatic carbocycles. The van der Waals surface area contributed by atoms with Crippen LogP contribution >= 0.6 is 11.6 Å². The molecule has 2 rings (SSSR count). The van der Waals surface area contributed by atoms with Crippen molar-refractivity contribution >= 4 is 21.4 Å². The van der Waals surface area contributed by atoms with Crippen LogP contribution in [0.25, 0.3) is 0 Å². The van der Waals surface area contributed by atoms with E-state index in [0.29, 0.717) is 0 Å². The van der Waals surface area contributed by atoms with Crippen LogP contribution in [0.15, 0.2) is 17.2 Å². The third-order valence-corrected chi connectivity index (χ3v) is 4.66. The molecule has 0 saturated carbocycles. The second-order valence-corrected chi connectivity index (χ2v) is 6.49. The lowest BCUT2D eigenvalue weighted by atomic mass is 10.1. The first kappa shape index (κ1) is 12.7. The molecule has 1 aliphatic heterocycles. The molecule has 1 unspecified atom stereocenters. The minimum absolute atomic E-state index is 0.00530. The summed E-state index contributed by atoms with van der Waals surface area (Å²) in [6, 6.07) is 2.86. The number of sulfone groups is 1. The Labute approximate surface area is 106 Å². The van der Waals surface area contributed by atoms with Crippen molar-refractivity contribution in [1.29, 1.82) is 0 Å². The summed E-state index contributed by atoms with van der Waals surface area (Å²) in [6.45, 7) is 0.881. The highest BCUT2D eigenvalue weighted by Gasteiger charge is 2.23. The number of rotatable bonds is 3.